The molecular formula is C16H28IN7O. The quantitative estimate of drug-likeness (QED) is 0.389. The fourth-order valence-electron chi connectivity index (χ4n) is 2.15. The molecule has 0 bridgehead atoms. The van der Waals surface area contributed by atoms with Crippen molar-refractivity contribution in [1.82, 2.24) is 30.4 Å². The van der Waals surface area contributed by atoms with Crippen LogP contribution in [0.1, 0.15) is 45.2 Å². The highest BCUT2D eigenvalue weighted by molar-refractivity contribution is 14.0. The monoisotopic (exact) mass is 461 g/mol. The summed E-state index contributed by atoms with van der Waals surface area (Å²) in [5.74, 6) is 3.21. The molecule has 2 N–H and O–H groups in total. The highest BCUT2D eigenvalue weighted by atomic mass is 127. The first-order valence-corrected chi connectivity index (χ1v) is 8.20. The Morgan fingerprint density at radius 3 is 2.68 bits per heavy atom. The number of halogens is 1. The van der Waals surface area contributed by atoms with Gasteiger partial charge in [0.2, 0.25) is 5.89 Å². The van der Waals surface area contributed by atoms with Gasteiger partial charge in [0.15, 0.2) is 5.96 Å². The van der Waals surface area contributed by atoms with E-state index >= 15 is 0 Å². The molecule has 2 aromatic rings. The molecule has 140 valence electrons. The summed E-state index contributed by atoms with van der Waals surface area (Å²) in [6, 6.07) is 0. The Bertz CT molecular complexity index is 672. The molecule has 0 aliphatic heterocycles. The van der Waals surface area contributed by atoms with Crippen LogP contribution in [0.15, 0.2) is 21.9 Å². The van der Waals surface area contributed by atoms with E-state index in [0.29, 0.717) is 18.4 Å². The molecule has 8 nitrogen and oxygen atoms in total. The smallest absolute Gasteiger partial charge is 0.213 e. The third kappa shape index (κ3) is 6.29. The molecule has 2 aromatic heterocycles. The van der Waals surface area contributed by atoms with Gasteiger partial charge in [0.1, 0.15) is 17.9 Å². The molecule has 0 atom stereocenters. The van der Waals surface area contributed by atoms with Crippen LogP contribution in [-0.4, -0.2) is 39.3 Å². The molecular weight excluding hydrogens is 433 g/mol. The minimum atomic E-state index is -0.0407. The number of aryl methyl sites for hydroxylation is 1. The minimum absolute atomic E-state index is 0. The minimum Gasteiger partial charge on any atom is -0.443 e. The molecule has 0 saturated heterocycles. The molecule has 0 saturated carbocycles. The molecule has 0 aliphatic carbocycles. The van der Waals surface area contributed by atoms with Crippen LogP contribution in [0.3, 0.4) is 0 Å². The van der Waals surface area contributed by atoms with Crippen molar-refractivity contribution in [3.8, 4) is 0 Å². The van der Waals surface area contributed by atoms with Crippen LogP contribution in [-0.2, 0) is 24.9 Å². The maximum Gasteiger partial charge on any atom is 0.213 e. The largest absolute Gasteiger partial charge is 0.443 e. The Labute approximate surface area is 165 Å². The molecule has 2 rings (SSSR count). The Morgan fingerprint density at radius 1 is 1.32 bits per heavy atom. The molecule has 0 fully saturated rings. The summed E-state index contributed by atoms with van der Waals surface area (Å²) in [6.07, 6.45) is 4.40. The normalized spacial score (nSPS) is 12.0. The molecule has 0 aliphatic rings. The van der Waals surface area contributed by atoms with Gasteiger partial charge in [0.05, 0.1) is 12.7 Å². The highest BCUT2D eigenvalue weighted by Gasteiger charge is 2.19. The average Bonchev–Trinajstić information content (AvgIpc) is 3.19. The van der Waals surface area contributed by atoms with Gasteiger partial charge >= 0.3 is 0 Å². The summed E-state index contributed by atoms with van der Waals surface area (Å²) < 4.78 is 7.79. The van der Waals surface area contributed by atoms with Crippen LogP contribution in [0.2, 0.25) is 0 Å². The second-order valence-electron chi connectivity index (χ2n) is 6.51. The Hall–Kier alpha value is -1.65. The first-order valence-electron chi connectivity index (χ1n) is 8.20. The lowest BCUT2D eigenvalue weighted by atomic mass is 9.94. The van der Waals surface area contributed by atoms with Gasteiger partial charge in [0, 0.05) is 32.0 Å². The van der Waals surface area contributed by atoms with Crippen LogP contribution in [0, 0.1) is 0 Å². The van der Waals surface area contributed by atoms with Gasteiger partial charge < -0.3 is 19.6 Å². The molecule has 0 amide bonds. The molecule has 0 unspecified atom stereocenters. The summed E-state index contributed by atoms with van der Waals surface area (Å²) in [5, 5.41) is 14.5. The van der Waals surface area contributed by atoms with Crippen molar-refractivity contribution in [3.63, 3.8) is 0 Å². The SMILES string of the molecule is CCc1nncn1CCNC(=NC)NCc1ncc(C(C)(C)C)o1.I. The van der Waals surface area contributed by atoms with Crippen LogP contribution in [0.25, 0.3) is 0 Å². The predicted octanol–water partition coefficient (Wildman–Crippen LogP) is 2.11. The molecule has 0 radical (unpaired) electrons. The fourth-order valence-corrected chi connectivity index (χ4v) is 2.15. The van der Waals surface area contributed by atoms with E-state index in [1.54, 1.807) is 19.6 Å². The number of oxazole rings is 1. The number of nitrogens with one attached hydrogen (secondary N) is 2. The van der Waals surface area contributed by atoms with E-state index in [4.69, 9.17) is 4.42 Å². The zero-order valence-corrected chi connectivity index (χ0v) is 17.9. The van der Waals surface area contributed by atoms with E-state index in [1.165, 1.54) is 0 Å². The van der Waals surface area contributed by atoms with E-state index < -0.39 is 0 Å². The summed E-state index contributed by atoms with van der Waals surface area (Å²) in [4.78, 5) is 8.50. The van der Waals surface area contributed by atoms with Gasteiger partial charge in [-0.15, -0.1) is 34.2 Å². The second-order valence-corrected chi connectivity index (χ2v) is 6.51. The third-order valence-corrected chi connectivity index (χ3v) is 3.58. The Kier molecular flexibility index (Phi) is 8.33. The van der Waals surface area contributed by atoms with Crippen LogP contribution in [0.5, 0.6) is 0 Å². The van der Waals surface area contributed by atoms with E-state index in [9.17, 15) is 0 Å². The van der Waals surface area contributed by atoms with Gasteiger partial charge in [-0.1, -0.05) is 27.7 Å². The Balaban J connectivity index is 0.00000312. The summed E-state index contributed by atoms with van der Waals surface area (Å²) in [6.45, 7) is 10.4. The van der Waals surface area contributed by atoms with Crippen molar-refractivity contribution in [2.24, 2.45) is 4.99 Å². The highest BCUT2D eigenvalue weighted by Crippen LogP contribution is 2.22. The number of hydrogen-bond donors (Lipinski definition) is 2. The van der Waals surface area contributed by atoms with Crippen molar-refractivity contribution in [2.45, 2.75) is 52.6 Å². The fraction of sp³-hybridized carbons (Fsp3) is 0.625. The zero-order chi connectivity index (χ0) is 17.6. The lowest BCUT2D eigenvalue weighted by Gasteiger charge is -2.13. The van der Waals surface area contributed by atoms with Crippen LogP contribution < -0.4 is 10.6 Å². The van der Waals surface area contributed by atoms with Crippen molar-refractivity contribution in [1.29, 1.82) is 0 Å². The Morgan fingerprint density at radius 2 is 2.08 bits per heavy atom. The van der Waals surface area contributed by atoms with Gasteiger partial charge in [-0.2, -0.15) is 0 Å². The lowest BCUT2D eigenvalue weighted by Crippen LogP contribution is -2.38. The van der Waals surface area contributed by atoms with Gasteiger partial charge in [-0.25, -0.2) is 4.98 Å². The first kappa shape index (κ1) is 21.4. The summed E-state index contributed by atoms with van der Waals surface area (Å²) >= 11 is 0. The standard InChI is InChI=1S/C16H27N7O.HI/c1-6-13-22-21-11-23(13)8-7-18-15(17-5)20-10-14-19-9-12(24-14)16(2,3)4;/h9,11H,6-8,10H2,1-5H3,(H2,17,18,20);1H. The second kappa shape index (κ2) is 9.73. The molecule has 0 spiro atoms. The van der Waals surface area contributed by atoms with Crippen molar-refractivity contribution in [2.75, 3.05) is 13.6 Å². The molecule has 25 heavy (non-hydrogen) atoms. The maximum atomic E-state index is 5.76. The number of rotatable bonds is 6. The summed E-state index contributed by atoms with van der Waals surface area (Å²) in [7, 11) is 1.74. The van der Waals surface area contributed by atoms with E-state index in [-0.39, 0.29) is 29.4 Å². The first-order chi connectivity index (χ1) is 11.4. The van der Waals surface area contributed by atoms with E-state index in [2.05, 4.69) is 58.5 Å². The number of hydrogen-bond acceptors (Lipinski definition) is 5. The van der Waals surface area contributed by atoms with Gasteiger partial charge in [0.25, 0.3) is 0 Å². The third-order valence-electron chi connectivity index (χ3n) is 3.58. The van der Waals surface area contributed by atoms with E-state index in [0.717, 1.165) is 31.1 Å². The van der Waals surface area contributed by atoms with Gasteiger partial charge in [-0.05, 0) is 0 Å². The van der Waals surface area contributed by atoms with Gasteiger partial charge in [-0.3, -0.25) is 4.99 Å². The zero-order valence-electron chi connectivity index (χ0n) is 15.5. The van der Waals surface area contributed by atoms with Crippen molar-refractivity contribution < 1.29 is 4.42 Å². The topological polar surface area (TPSA) is 93.2 Å². The number of aliphatic imine (C=N–C) groups is 1. The average molecular weight is 461 g/mol. The summed E-state index contributed by atoms with van der Waals surface area (Å²) in [5.41, 5.74) is -0.0407. The van der Waals surface area contributed by atoms with Crippen molar-refractivity contribution in [3.05, 3.63) is 30.0 Å². The number of aromatic nitrogens is 4. The predicted molar refractivity (Wildman–Crippen MR) is 108 cm³/mol. The molecule has 9 heteroatoms. The molecule has 2 heterocycles. The maximum absolute atomic E-state index is 5.76. The van der Waals surface area contributed by atoms with Crippen LogP contribution >= 0.6 is 24.0 Å². The number of nitrogens with zero attached hydrogens (tertiary/aromatic N) is 5. The lowest BCUT2D eigenvalue weighted by molar-refractivity contribution is 0.379. The van der Waals surface area contributed by atoms with E-state index in [1.807, 2.05) is 4.57 Å². The van der Waals surface area contributed by atoms with Crippen molar-refractivity contribution >= 4 is 29.9 Å². The van der Waals surface area contributed by atoms with Crippen LogP contribution in [0.4, 0.5) is 0 Å². The molecule has 0 aromatic carbocycles. The number of guanidine groups is 1.